The van der Waals surface area contributed by atoms with Crippen molar-refractivity contribution < 1.29 is 14.3 Å². The second kappa shape index (κ2) is 5.50. The molecule has 0 aliphatic carbocycles. The topological polar surface area (TPSA) is 102 Å². The summed E-state index contributed by atoms with van der Waals surface area (Å²) in [5.41, 5.74) is 5.97. The van der Waals surface area contributed by atoms with Gasteiger partial charge in [0.05, 0.1) is 11.6 Å². The number of halogens is 2. The number of benzene rings is 1. The van der Waals surface area contributed by atoms with Crippen LogP contribution in [0, 0.1) is 11.3 Å². The van der Waals surface area contributed by atoms with Crippen LogP contribution in [-0.4, -0.2) is 15.9 Å². The summed E-state index contributed by atoms with van der Waals surface area (Å²) in [4.78, 5) is 21.9. The first-order valence-corrected chi connectivity index (χ1v) is 5.61. The van der Waals surface area contributed by atoms with E-state index >= 15 is 0 Å². The SMILES string of the molecule is N#Cc1cccc(-c2nc(N)c(C(=O)OF)c(Cl)n2)c1. The van der Waals surface area contributed by atoms with E-state index in [1.165, 1.54) is 6.07 Å². The van der Waals surface area contributed by atoms with Crippen molar-refractivity contribution in [1.82, 2.24) is 9.97 Å². The van der Waals surface area contributed by atoms with Gasteiger partial charge in [-0.1, -0.05) is 23.7 Å². The van der Waals surface area contributed by atoms with Crippen LogP contribution < -0.4 is 5.73 Å². The van der Waals surface area contributed by atoms with Crippen molar-refractivity contribution in [3.8, 4) is 17.5 Å². The molecule has 100 valence electrons. The van der Waals surface area contributed by atoms with Crippen LogP contribution in [0.5, 0.6) is 0 Å². The zero-order chi connectivity index (χ0) is 14.7. The van der Waals surface area contributed by atoms with E-state index in [9.17, 15) is 9.32 Å². The zero-order valence-corrected chi connectivity index (χ0v) is 10.6. The number of hydrogen-bond donors (Lipinski definition) is 1. The van der Waals surface area contributed by atoms with Crippen molar-refractivity contribution in [3.63, 3.8) is 0 Å². The molecule has 0 fully saturated rings. The molecule has 0 saturated heterocycles. The number of nitrogen functional groups attached to an aromatic ring is 1. The monoisotopic (exact) mass is 292 g/mol. The van der Waals surface area contributed by atoms with Crippen molar-refractivity contribution in [1.29, 1.82) is 5.26 Å². The smallest absolute Gasteiger partial charge is 0.383 e. The zero-order valence-electron chi connectivity index (χ0n) is 9.80. The average Bonchev–Trinajstić information content (AvgIpc) is 2.46. The Bertz CT molecular complexity index is 707. The largest absolute Gasteiger partial charge is 0.386 e. The molecule has 0 aliphatic rings. The van der Waals surface area contributed by atoms with Crippen LogP contribution in [0.3, 0.4) is 0 Å². The molecule has 1 aromatic carbocycles. The molecule has 0 unspecified atom stereocenters. The summed E-state index contributed by atoms with van der Waals surface area (Å²) >= 11 is 5.77. The quantitative estimate of drug-likeness (QED) is 0.852. The van der Waals surface area contributed by atoms with Crippen LogP contribution in [0.15, 0.2) is 24.3 Å². The lowest BCUT2D eigenvalue weighted by atomic mass is 10.1. The number of anilines is 1. The molecule has 0 radical (unpaired) electrons. The molecule has 2 rings (SSSR count). The summed E-state index contributed by atoms with van der Waals surface area (Å²) in [6.45, 7) is 0. The van der Waals surface area contributed by atoms with E-state index in [0.29, 0.717) is 11.1 Å². The Labute approximate surface area is 117 Å². The number of hydrogen-bond acceptors (Lipinski definition) is 6. The fraction of sp³-hybridized carbons (Fsp3) is 0. The van der Waals surface area contributed by atoms with Gasteiger partial charge in [-0.2, -0.15) is 5.26 Å². The number of nitrogens with zero attached hydrogens (tertiary/aromatic N) is 3. The molecule has 1 aromatic heterocycles. The number of nitriles is 1. The Morgan fingerprint density at radius 3 is 2.80 bits per heavy atom. The molecule has 6 nitrogen and oxygen atoms in total. The first-order chi connectivity index (χ1) is 9.56. The van der Waals surface area contributed by atoms with E-state index in [4.69, 9.17) is 22.6 Å². The van der Waals surface area contributed by atoms with Crippen molar-refractivity contribution in [2.75, 3.05) is 5.73 Å². The highest BCUT2D eigenvalue weighted by Gasteiger charge is 2.21. The predicted molar refractivity (Wildman–Crippen MR) is 68.1 cm³/mol. The molecule has 0 bridgehead atoms. The lowest BCUT2D eigenvalue weighted by Gasteiger charge is -2.06. The molecule has 8 heteroatoms. The number of rotatable bonds is 2. The minimum absolute atomic E-state index is 0.111. The van der Waals surface area contributed by atoms with Gasteiger partial charge in [-0.05, 0) is 12.1 Å². The minimum Gasteiger partial charge on any atom is -0.383 e. The molecule has 0 aliphatic heterocycles. The van der Waals surface area contributed by atoms with Crippen molar-refractivity contribution in [2.24, 2.45) is 0 Å². The maximum Gasteiger partial charge on any atom is 0.386 e. The molecular weight excluding hydrogens is 287 g/mol. The second-order valence-electron chi connectivity index (χ2n) is 3.66. The maximum absolute atomic E-state index is 11.9. The highest BCUT2D eigenvalue weighted by molar-refractivity contribution is 6.33. The fourth-order valence-corrected chi connectivity index (χ4v) is 1.79. The van der Waals surface area contributed by atoms with E-state index in [-0.39, 0.29) is 16.8 Å². The molecule has 20 heavy (non-hydrogen) atoms. The summed E-state index contributed by atoms with van der Waals surface area (Å²) in [5.74, 6) is -1.57. The lowest BCUT2D eigenvalue weighted by Crippen LogP contribution is -2.09. The first kappa shape index (κ1) is 13.7. The highest BCUT2D eigenvalue weighted by atomic mass is 35.5. The minimum atomic E-state index is -1.37. The van der Waals surface area contributed by atoms with Crippen molar-refractivity contribution in [2.45, 2.75) is 0 Å². The molecule has 0 spiro atoms. The van der Waals surface area contributed by atoms with Gasteiger partial charge in [-0.25, -0.2) is 19.7 Å². The van der Waals surface area contributed by atoms with E-state index in [1.54, 1.807) is 18.2 Å². The third-order valence-electron chi connectivity index (χ3n) is 2.42. The summed E-state index contributed by atoms with van der Waals surface area (Å²) < 4.78 is 11.9. The Kier molecular flexibility index (Phi) is 3.77. The Balaban J connectivity index is 2.55. The summed E-state index contributed by atoms with van der Waals surface area (Å²) in [6.07, 6.45) is 0. The summed E-state index contributed by atoms with van der Waals surface area (Å²) in [5, 5.41) is 8.49. The fourth-order valence-electron chi connectivity index (χ4n) is 1.53. The van der Waals surface area contributed by atoms with E-state index in [0.717, 1.165) is 0 Å². The van der Waals surface area contributed by atoms with Gasteiger partial charge < -0.3 is 5.73 Å². The van der Waals surface area contributed by atoms with Crippen LogP contribution >= 0.6 is 11.6 Å². The van der Waals surface area contributed by atoms with Gasteiger partial charge in [0, 0.05) is 10.1 Å². The van der Waals surface area contributed by atoms with Gasteiger partial charge in [-0.3, -0.25) is 0 Å². The Morgan fingerprint density at radius 1 is 1.45 bits per heavy atom. The van der Waals surface area contributed by atoms with Gasteiger partial charge in [0.15, 0.2) is 5.82 Å². The highest BCUT2D eigenvalue weighted by Crippen LogP contribution is 2.25. The normalized spacial score (nSPS) is 9.85. The Hall–Kier alpha value is -2.72. The average molecular weight is 293 g/mol. The summed E-state index contributed by atoms with van der Waals surface area (Å²) in [7, 11) is 0. The van der Waals surface area contributed by atoms with Gasteiger partial charge in [0.1, 0.15) is 16.5 Å². The lowest BCUT2D eigenvalue weighted by molar-refractivity contribution is -0.0787. The summed E-state index contributed by atoms with van der Waals surface area (Å²) in [6, 6.07) is 8.36. The van der Waals surface area contributed by atoms with Crippen LogP contribution in [0.25, 0.3) is 11.4 Å². The number of nitrogens with two attached hydrogens (primary N) is 1. The van der Waals surface area contributed by atoms with Gasteiger partial charge in [-0.15, -0.1) is 0 Å². The third kappa shape index (κ3) is 2.50. The number of carbonyl (C=O) groups is 1. The second-order valence-corrected chi connectivity index (χ2v) is 4.01. The molecule has 2 N–H and O–H groups in total. The van der Waals surface area contributed by atoms with Gasteiger partial charge in [0.25, 0.3) is 0 Å². The Morgan fingerprint density at radius 2 is 2.20 bits per heavy atom. The van der Waals surface area contributed by atoms with Crippen LogP contribution in [-0.2, 0) is 4.94 Å². The van der Waals surface area contributed by atoms with Crippen LogP contribution in [0.1, 0.15) is 15.9 Å². The van der Waals surface area contributed by atoms with E-state index in [2.05, 4.69) is 14.9 Å². The van der Waals surface area contributed by atoms with Gasteiger partial charge in [0.2, 0.25) is 0 Å². The third-order valence-corrected chi connectivity index (χ3v) is 2.69. The maximum atomic E-state index is 11.9. The number of carbonyl (C=O) groups excluding carboxylic acids is 1. The van der Waals surface area contributed by atoms with E-state index < -0.39 is 11.5 Å². The molecule has 0 saturated carbocycles. The number of aromatic nitrogens is 2. The molecule has 0 amide bonds. The first-order valence-electron chi connectivity index (χ1n) is 5.23. The van der Waals surface area contributed by atoms with Crippen LogP contribution in [0.4, 0.5) is 10.3 Å². The van der Waals surface area contributed by atoms with Crippen LogP contribution in [0.2, 0.25) is 5.15 Å². The predicted octanol–water partition coefficient (Wildman–Crippen LogP) is 2.29. The molecular formula is C12H6ClFN4O2. The molecule has 0 atom stereocenters. The van der Waals surface area contributed by atoms with Crippen molar-refractivity contribution in [3.05, 3.63) is 40.5 Å². The molecule has 1 heterocycles. The van der Waals surface area contributed by atoms with E-state index in [1.807, 2.05) is 6.07 Å². The standard InChI is InChI=1S/C12H6ClFN4O2/c13-9-8(12(19)20-14)10(16)18-11(17-9)7-3-1-2-6(4-7)5-15/h1-4H,(H2,16,17,18). The van der Waals surface area contributed by atoms with Crippen molar-refractivity contribution >= 4 is 23.4 Å². The van der Waals surface area contributed by atoms with Gasteiger partial charge >= 0.3 is 5.97 Å². The molecule has 2 aromatic rings.